The number of phenols is 1. The van der Waals surface area contributed by atoms with E-state index in [1.54, 1.807) is 12.1 Å². The zero-order valence-corrected chi connectivity index (χ0v) is 13.2. The van der Waals surface area contributed by atoms with Gasteiger partial charge in [0.25, 0.3) is 5.91 Å². The summed E-state index contributed by atoms with van der Waals surface area (Å²) >= 11 is 0. The van der Waals surface area contributed by atoms with Gasteiger partial charge in [-0.2, -0.15) is 0 Å². The van der Waals surface area contributed by atoms with Gasteiger partial charge in [0.15, 0.2) is 0 Å². The van der Waals surface area contributed by atoms with Crippen LogP contribution < -0.4 is 5.32 Å². The Morgan fingerprint density at radius 3 is 2.65 bits per heavy atom. The van der Waals surface area contributed by atoms with E-state index < -0.39 is 0 Å². The second-order valence-electron chi connectivity index (χ2n) is 5.94. The summed E-state index contributed by atoms with van der Waals surface area (Å²) in [5, 5.41) is 12.9. The summed E-state index contributed by atoms with van der Waals surface area (Å²) in [5.74, 6) is 0.373. The Morgan fingerprint density at radius 2 is 1.83 bits per heavy atom. The summed E-state index contributed by atoms with van der Waals surface area (Å²) in [6.45, 7) is 3.40. The SMILES string of the molecule is O=C(c1cccc(Cc2cccc(O)c2)c1)N1CCCNCC1. The maximum atomic E-state index is 12.7. The molecule has 1 heterocycles. The van der Waals surface area contributed by atoms with Crippen LogP contribution in [0.3, 0.4) is 0 Å². The molecule has 0 spiro atoms. The minimum absolute atomic E-state index is 0.103. The molecule has 0 saturated carbocycles. The van der Waals surface area contributed by atoms with Crippen molar-refractivity contribution < 1.29 is 9.90 Å². The highest BCUT2D eigenvalue weighted by Gasteiger charge is 2.17. The maximum Gasteiger partial charge on any atom is 0.253 e. The number of benzene rings is 2. The first-order valence-electron chi connectivity index (χ1n) is 8.09. The molecule has 1 saturated heterocycles. The van der Waals surface area contributed by atoms with E-state index >= 15 is 0 Å². The molecule has 2 aromatic carbocycles. The number of nitrogens with zero attached hydrogens (tertiary/aromatic N) is 1. The summed E-state index contributed by atoms with van der Waals surface area (Å²) in [6, 6.07) is 15.0. The second kappa shape index (κ2) is 7.29. The molecular weight excluding hydrogens is 288 g/mol. The zero-order chi connectivity index (χ0) is 16.1. The Balaban J connectivity index is 1.75. The van der Waals surface area contributed by atoms with Crippen molar-refractivity contribution in [3.05, 3.63) is 65.2 Å². The third-order valence-corrected chi connectivity index (χ3v) is 4.12. The maximum absolute atomic E-state index is 12.7. The van der Waals surface area contributed by atoms with Crippen LogP contribution in [0.2, 0.25) is 0 Å². The Bertz CT molecular complexity index is 677. The van der Waals surface area contributed by atoms with E-state index in [4.69, 9.17) is 0 Å². The van der Waals surface area contributed by atoms with Crippen LogP contribution in [0, 0.1) is 0 Å². The van der Waals surface area contributed by atoms with Gasteiger partial charge in [-0.25, -0.2) is 0 Å². The van der Waals surface area contributed by atoms with Gasteiger partial charge in [-0.3, -0.25) is 4.79 Å². The molecular formula is C19H22N2O2. The van der Waals surface area contributed by atoms with Gasteiger partial charge < -0.3 is 15.3 Å². The van der Waals surface area contributed by atoms with Crippen LogP contribution in [0.1, 0.15) is 27.9 Å². The summed E-state index contributed by atoms with van der Waals surface area (Å²) < 4.78 is 0. The third kappa shape index (κ3) is 4.11. The van der Waals surface area contributed by atoms with Crippen molar-refractivity contribution >= 4 is 5.91 Å². The standard InChI is InChI=1S/C19H22N2O2/c22-18-7-2-5-16(14-18)12-15-4-1-6-17(13-15)19(23)21-10-3-8-20-9-11-21/h1-2,4-7,13-14,20,22H,3,8-12H2. The van der Waals surface area contributed by atoms with Crippen molar-refractivity contribution in [2.24, 2.45) is 0 Å². The first-order valence-corrected chi connectivity index (χ1v) is 8.09. The molecule has 4 nitrogen and oxygen atoms in total. The van der Waals surface area contributed by atoms with Crippen LogP contribution in [0.15, 0.2) is 48.5 Å². The number of phenolic OH excluding ortho intramolecular Hbond substituents is 1. The molecule has 0 aromatic heterocycles. The smallest absolute Gasteiger partial charge is 0.253 e. The fourth-order valence-corrected chi connectivity index (χ4v) is 2.95. The lowest BCUT2D eigenvalue weighted by Gasteiger charge is -2.20. The highest BCUT2D eigenvalue weighted by atomic mass is 16.3. The van der Waals surface area contributed by atoms with Crippen molar-refractivity contribution in [1.29, 1.82) is 0 Å². The van der Waals surface area contributed by atoms with Crippen molar-refractivity contribution in [2.45, 2.75) is 12.8 Å². The molecule has 0 atom stereocenters. The molecule has 120 valence electrons. The molecule has 0 bridgehead atoms. The lowest BCUT2D eigenvalue weighted by atomic mass is 10.0. The van der Waals surface area contributed by atoms with Crippen LogP contribution in [-0.2, 0) is 6.42 Å². The lowest BCUT2D eigenvalue weighted by molar-refractivity contribution is 0.0766. The molecule has 1 amide bonds. The summed E-state index contributed by atoms with van der Waals surface area (Å²) in [4.78, 5) is 14.6. The normalized spacial score (nSPS) is 15.2. The average molecular weight is 310 g/mol. The Kier molecular flexibility index (Phi) is 4.93. The van der Waals surface area contributed by atoms with E-state index in [2.05, 4.69) is 5.32 Å². The molecule has 2 N–H and O–H groups in total. The number of hydrogen-bond acceptors (Lipinski definition) is 3. The van der Waals surface area contributed by atoms with Crippen LogP contribution >= 0.6 is 0 Å². The Hall–Kier alpha value is -2.33. The molecule has 0 unspecified atom stereocenters. The van der Waals surface area contributed by atoms with Gasteiger partial charge in [0, 0.05) is 25.2 Å². The number of aromatic hydroxyl groups is 1. The summed E-state index contributed by atoms with van der Waals surface area (Å²) in [6.07, 6.45) is 1.70. The zero-order valence-electron chi connectivity index (χ0n) is 13.2. The van der Waals surface area contributed by atoms with Gasteiger partial charge in [0.05, 0.1) is 0 Å². The number of carbonyl (C=O) groups is 1. The molecule has 0 aliphatic carbocycles. The first kappa shape index (κ1) is 15.6. The fourth-order valence-electron chi connectivity index (χ4n) is 2.95. The number of carbonyl (C=O) groups excluding carboxylic acids is 1. The Labute approximate surface area is 136 Å². The number of rotatable bonds is 3. The molecule has 1 aliphatic heterocycles. The van der Waals surface area contributed by atoms with Crippen LogP contribution in [0.5, 0.6) is 5.75 Å². The quantitative estimate of drug-likeness (QED) is 0.915. The number of amides is 1. The molecule has 2 aromatic rings. The predicted molar refractivity (Wildman–Crippen MR) is 90.7 cm³/mol. The molecule has 1 fully saturated rings. The van der Waals surface area contributed by atoms with E-state index in [0.29, 0.717) is 6.42 Å². The van der Waals surface area contributed by atoms with E-state index in [1.807, 2.05) is 41.3 Å². The molecule has 0 radical (unpaired) electrons. The average Bonchev–Trinajstić information content (AvgIpc) is 2.84. The first-order chi connectivity index (χ1) is 11.2. The van der Waals surface area contributed by atoms with E-state index in [0.717, 1.165) is 49.3 Å². The minimum Gasteiger partial charge on any atom is -0.508 e. The van der Waals surface area contributed by atoms with Crippen molar-refractivity contribution in [3.8, 4) is 5.75 Å². The van der Waals surface area contributed by atoms with E-state index in [1.165, 1.54) is 0 Å². The summed E-state index contributed by atoms with van der Waals surface area (Å²) in [5.41, 5.74) is 2.85. The van der Waals surface area contributed by atoms with Gasteiger partial charge in [0.1, 0.15) is 5.75 Å². The third-order valence-electron chi connectivity index (χ3n) is 4.12. The van der Waals surface area contributed by atoms with Gasteiger partial charge in [-0.1, -0.05) is 24.3 Å². The number of hydrogen-bond donors (Lipinski definition) is 2. The van der Waals surface area contributed by atoms with Gasteiger partial charge in [0.2, 0.25) is 0 Å². The minimum atomic E-state index is 0.103. The van der Waals surface area contributed by atoms with Gasteiger partial charge in [-0.05, 0) is 54.8 Å². The van der Waals surface area contributed by atoms with Crippen LogP contribution in [0.25, 0.3) is 0 Å². The lowest BCUT2D eigenvalue weighted by Crippen LogP contribution is -2.34. The van der Waals surface area contributed by atoms with E-state index in [9.17, 15) is 9.90 Å². The summed E-state index contributed by atoms with van der Waals surface area (Å²) in [7, 11) is 0. The van der Waals surface area contributed by atoms with Gasteiger partial charge in [-0.15, -0.1) is 0 Å². The van der Waals surface area contributed by atoms with Crippen LogP contribution in [0.4, 0.5) is 0 Å². The van der Waals surface area contributed by atoms with Crippen molar-refractivity contribution in [1.82, 2.24) is 10.2 Å². The molecule has 3 rings (SSSR count). The van der Waals surface area contributed by atoms with Crippen molar-refractivity contribution in [3.63, 3.8) is 0 Å². The van der Waals surface area contributed by atoms with Crippen molar-refractivity contribution in [2.75, 3.05) is 26.2 Å². The second-order valence-corrected chi connectivity index (χ2v) is 5.94. The topological polar surface area (TPSA) is 52.6 Å². The fraction of sp³-hybridized carbons (Fsp3) is 0.316. The number of nitrogens with one attached hydrogen (secondary N) is 1. The molecule has 23 heavy (non-hydrogen) atoms. The molecule has 1 aliphatic rings. The van der Waals surface area contributed by atoms with Gasteiger partial charge >= 0.3 is 0 Å². The Morgan fingerprint density at radius 1 is 1.04 bits per heavy atom. The monoisotopic (exact) mass is 310 g/mol. The molecule has 4 heteroatoms. The highest BCUT2D eigenvalue weighted by Crippen LogP contribution is 2.17. The largest absolute Gasteiger partial charge is 0.508 e. The highest BCUT2D eigenvalue weighted by molar-refractivity contribution is 5.94. The van der Waals surface area contributed by atoms with Crippen LogP contribution in [-0.4, -0.2) is 42.1 Å². The predicted octanol–water partition coefficient (Wildman–Crippen LogP) is 2.42. The van der Waals surface area contributed by atoms with E-state index in [-0.39, 0.29) is 11.7 Å².